The van der Waals surface area contributed by atoms with Gasteiger partial charge in [-0.1, -0.05) is 32.6 Å². The van der Waals surface area contributed by atoms with Crippen molar-refractivity contribution in [3.8, 4) is 6.07 Å². The minimum Gasteiger partial charge on any atom is -0.382 e. The number of nitriles is 1. The molecule has 2 nitrogen and oxygen atoms in total. The summed E-state index contributed by atoms with van der Waals surface area (Å²) in [5.41, 5.74) is 1.88. The van der Waals surface area contributed by atoms with E-state index in [1.165, 1.54) is 44.9 Å². The fraction of sp³-hybridized carbons (Fsp3) is 0.588. The molecule has 0 aromatic heterocycles. The normalized spacial score (nSPS) is 23.4. The molecule has 2 heteroatoms. The minimum atomic E-state index is 0.606. The Balaban J connectivity index is 1.87. The lowest BCUT2D eigenvalue weighted by atomic mass is 9.95. The summed E-state index contributed by atoms with van der Waals surface area (Å²) in [5, 5.41) is 12.4. The van der Waals surface area contributed by atoms with Gasteiger partial charge in [0.2, 0.25) is 0 Å². The lowest BCUT2D eigenvalue weighted by Crippen LogP contribution is -2.18. The van der Waals surface area contributed by atoms with Gasteiger partial charge in [-0.05, 0) is 49.4 Å². The summed E-state index contributed by atoms with van der Waals surface area (Å²) >= 11 is 0. The number of anilines is 1. The Hall–Kier alpha value is -1.49. The molecule has 0 amide bonds. The molecule has 0 radical (unpaired) electrons. The molecule has 1 aliphatic carbocycles. The first-order chi connectivity index (χ1) is 9.31. The molecule has 1 saturated carbocycles. The average molecular weight is 256 g/mol. The monoisotopic (exact) mass is 256 g/mol. The standard InChI is InChI=1S/C17H24N2/c1-2-4-14-5-3-6-16(10-7-14)19-17-11-8-15(13-18)9-12-17/h8-9,11-12,14,16,19H,2-7,10H2,1H3. The predicted molar refractivity (Wildman–Crippen MR) is 80.1 cm³/mol. The molecule has 0 aliphatic heterocycles. The maximum absolute atomic E-state index is 8.80. The van der Waals surface area contributed by atoms with Crippen molar-refractivity contribution < 1.29 is 0 Å². The van der Waals surface area contributed by atoms with Crippen molar-refractivity contribution in [1.29, 1.82) is 5.26 Å². The summed E-state index contributed by atoms with van der Waals surface area (Å²) in [6.45, 7) is 2.29. The van der Waals surface area contributed by atoms with Crippen LogP contribution in [0.1, 0.15) is 57.4 Å². The van der Waals surface area contributed by atoms with Gasteiger partial charge < -0.3 is 5.32 Å². The molecule has 2 atom stereocenters. The SMILES string of the molecule is CCCC1CCCC(Nc2ccc(C#N)cc2)CC1. The first kappa shape index (κ1) is 13.9. The van der Waals surface area contributed by atoms with Crippen LogP contribution in [0.5, 0.6) is 0 Å². The third-order valence-corrected chi connectivity index (χ3v) is 4.17. The highest BCUT2D eigenvalue weighted by Crippen LogP contribution is 2.28. The van der Waals surface area contributed by atoms with Crippen LogP contribution in [0.4, 0.5) is 5.69 Å². The molecule has 1 aromatic carbocycles. The molecule has 19 heavy (non-hydrogen) atoms. The highest BCUT2D eigenvalue weighted by molar-refractivity contribution is 5.47. The maximum Gasteiger partial charge on any atom is 0.0991 e. The average Bonchev–Trinajstić information content (AvgIpc) is 2.66. The lowest BCUT2D eigenvalue weighted by molar-refractivity contribution is 0.422. The smallest absolute Gasteiger partial charge is 0.0991 e. The molecule has 2 rings (SSSR count). The first-order valence-electron chi connectivity index (χ1n) is 7.58. The van der Waals surface area contributed by atoms with E-state index in [9.17, 15) is 0 Å². The van der Waals surface area contributed by atoms with Gasteiger partial charge >= 0.3 is 0 Å². The third-order valence-electron chi connectivity index (χ3n) is 4.17. The number of hydrogen-bond acceptors (Lipinski definition) is 2. The lowest BCUT2D eigenvalue weighted by Gasteiger charge is -2.18. The molecule has 1 fully saturated rings. The van der Waals surface area contributed by atoms with Crippen molar-refractivity contribution in [2.45, 2.75) is 57.9 Å². The Morgan fingerprint density at radius 3 is 2.63 bits per heavy atom. The van der Waals surface area contributed by atoms with Gasteiger partial charge in [0.15, 0.2) is 0 Å². The van der Waals surface area contributed by atoms with Crippen LogP contribution in [0.25, 0.3) is 0 Å². The second kappa shape index (κ2) is 7.19. The molecule has 0 bridgehead atoms. The van der Waals surface area contributed by atoms with Crippen LogP contribution in [0.3, 0.4) is 0 Å². The fourth-order valence-corrected chi connectivity index (χ4v) is 3.10. The van der Waals surface area contributed by atoms with E-state index in [0.29, 0.717) is 6.04 Å². The minimum absolute atomic E-state index is 0.606. The number of nitrogens with zero attached hydrogens (tertiary/aromatic N) is 1. The highest BCUT2D eigenvalue weighted by atomic mass is 14.9. The zero-order valence-electron chi connectivity index (χ0n) is 11.9. The molecule has 1 aromatic rings. The molecule has 2 unspecified atom stereocenters. The predicted octanol–water partition coefficient (Wildman–Crippen LogP) is 4.72. The molecular formula is C17H24N2. The van der Waals surface area contributed by atoms with Gasteiger partial charge in [0.1, 0.15) is 0 Å². The molecule has 0 heterocycles. The molecule has 0 saturated heterocycles. The van der Waals surface area contributed by atoms with Crippen molar-refractivity contribution in [3.05, 3.63) is 29.8 Å². The van der Waals surface area contributed by atoms with Crippen molar-refractivity contribution >= 4 is 5.69 Å². The Bertz CT molecular complexity index is 416. The first-order valence-corrected chi connectivity index (χ1v) is 7.58. The summed E-state index contributed by atoms with van der Waals surface area (Å²) in [6, 6.07) is 10.6. The molecule has 1 aliphatic rings. The van der Waals surface area contributed by atoms with Gasteiger partial charge in [0, 0.05) is 11.7 Å². The van der Waals surface area contributed by atoms with Gasteiger partial charge in [-0.3, -0.25) is 0 Å². The number of benzene rings is 1. The molecule has 1 N–H and O–H groups in total. The highest BCUT2D eigenvalue weighted by Gasteiger charge is 2.18. The summed E-state index contributed by atoms with van der Waals surface area (Å²) in [5.74, 6) is 0.942. The van der Waals surface area contributed by atoms with Crippen LogP contribution in [0.15, 0.2) is 24.3 Å². The van der Waals surface area contributed by atoms with Crippen molar-refractivity contribution in [3.63, 3.8) is 0 Å². The Kier molecular flexibility index (Phi) is 5.27. The summed E-state index contributed by atoms with van der Waals surface area (Å²) in [4.78, 5) is 0. The van der Waals surface area contributed by atoms with E-state index in [-0.39, 0.29) is 0 Å². The number of nitrogens with one attached hydrogen (secondary N) is 1. The number of hydrogen-bond donors (Lipinski definition) is 1. The van der Waals surface area contributed by atoms with Crippen LogP contribution in [-0.4, -0.2) is 6.04 Å². The molecule has 0 spiro atoms. The van der Waals surface area contributed by atoms with Crippen LogP contribution >= 0.6 is 0 Å². The van der Waals surface area contributed by atoms with E-state index in [1.807, 2.05) is 24.3 Å². The van der Waals surface area contributed by atoms with Crippen molar-refractivity contribution in [2.75, 3.05) is 5.32 Å². The summed E-state index contributed by atoms with van der Waals surface area (Å²) < 4.78 is 0. The van der Waals surface area contributed by atoms with Gasteiger partial charge in [0.05, 0.1) is 11.6 Å². The maximum atomic E-state index is 8.80. The van der Waals surface area contributed by atoms with Gasteiger partial charge in [-0.2, -0.15) is 5.26 Å². The van der Waals surface area contributed by atoms with Gasteiger partial charge in [-0.15, -0.1) is 0 Å². The van der Waals surface area contributed by atoms with Crippen molar-refractivity contribution in [1.82, 2.24) is 0 Å². The van der Waals surface area contributed by atoms with E-state index >= 15 is 0 Å². The summed E-state index contributed by atoms with van der Waals surface area (Å²) in [6.07, 6.45) is 9.38. The van der Waals surface area contributed by atoms with Crippen LogP contribution in [0.2, 0.25) is 0 Å². The quantitative estimate of drug-likeness (QED) is 0.791. The van der Waals surface area contributed by atoms with Crippen LogP contribution in [-0.2, 0) is 0 Å². The largest absolute Gasteiger partial charge is 0.382 e. The Morgan fingerprint density at radius 1 is 1.16 bits per heavy atom. The zero-order valence-corrected chi connectivity index (χ0v) is 11.9. The zero-order chi connectivity index (χ0) is 13.5. The number of rotatable bonds is 4. The second-order valence-electron chi connectivity index (χ2n) is 5.69. The van der Waals surface area contributed by atoms with Crippen molar-refractivity contribution in [2.24, 2.45) is 5.92 Å². The van der Waals surface area contributed by atoms with E-state index in [1.54, 1.807) is 0 Å². The third kappa shape index (κ3) is 4.28. The topological polar surface area (TPSA) is 35.8 Å². The summed E-state index contributed by atoms with van der Waals surface area (Å²) in [7, 11) is 0. The van der Waals surface area contributed by atoms with E-state index in [0.717, 1.165) is 17.2 Å². The van der Waals surface area contributed by atoms with E-state index < -0.39 is 0 Å². The second-order valence-corrected chi connectivity index (χ2v) is 5.69. The molecular weight excluding hydrogens is 232 g/mol. The van der Waals surface area contributed by atoms with E-state index in [4.69, 9.17) is 5.26 Å². The van der Waals surface area contributed by atoms with Crippen LogP contribution in [0, 0.1) is 17.2 Å². The fourth-order valence-electron chi connectivity index (χ4n) is 3.10. The Labute approximate surface area is 116 Å². The van der Waals surface area contributed by atoms with Gasteiger partial charge in [-0.25, -0.2) is 0 Å². The molecule has 102 valence electrons. The van der Waals surface area contributed by atoms with Gasteiger partial charge in [0.25, 0.3) is 0 Å². The Morgan fingerprint density at radius 2 is 1.95 bits per heavy atom. The van der Waals surface area contributed by atoms with Crippen LogP contribution < -0.4 is 5.32 Å². The van der Waals surface area contributed by atoms with E-state index in [2.05, 4.69) is 18.3 Å².